The topological polar surface area (TPSA) is 85.8 Å². The normalized spacial score (nSPS) is 10.8. The van der Waals surface area contributed by atoms with E-state index in [1.165, 1.54) is 17.1 Å². The van der Waals surface area contributed by atoms with Gasteiger partial charge in [0.15, 0.2) is 0 Å². The number of tetrazole rings is 1. The van der Waals surface area contributed by atoms with Crippen molar-refractivity contribution in [2.24, 2.45) is 0 Å². The zero-order chi connectivity index (χ0) is 20.2. The van der Waals surface area contributed by atoms with E-state index in [1.54, 1.807) is 30.3 Å². The number of carbonyl (C=O) groups excluding carboxylic acids is 1. The van der Waals surface area contributed by atoms with Crippen LogP contribution in [0, 0.1) is 12.7 Å². The second-order valence-corrected chi connectivity index (χ2v) is 6.55. The second kappa shape index (κ2) is 8.05. The molecule has 0 spiro atoms. The van der Waals surface area contributed by atoms with Gasteiger partial charge in [-0.3, -0.25) is 4.79 Å². The maximum Gasteiger partial charge on any atom is 0.224 e. The summed E-state index contributed by atoms with van der Waals surface area (Å²) in [5.41, 5.74) is 2.82. The molecular formula is C21H18FN5O2. The number of benzene rings is 2. The summed E-state index contributed by atoms with van der Waals surface area (Å²) < 4.78 is 21.1. The lowest BCUT2D eigenvalue weighted by molar-refractivity contribution is -0.116. The Hall–Kier alpha value is -3.81. The quantitative estimate of drug-likeness (QED) is 0.538. The van der Waals surface area contributed by atoms with Crippen molar-refractivity contribution in [2.45, 2.75) is 19.8 Å². The Balaban J connectivity index is 1.39. The van der Waals surface area contributed by atoms with Crippen molar-refractivity contribution < 1.29 is 13.6 Å². The largest absolute Gasteiger partial charge is 0.461 e. The lowest BCUT2D eigenvalue weighted by Gasteiger charge is -2.09. The van der Waals surface area contributed by atoms with Crippen molar-refractivity contribution in [3.63, 3.8) is 0 Å². The molecule has 0 aliphatic rings. The minimum atomic E-state index is -0.344. The summed E-state index contributed by atoms with van der Waals surface area (Å²) in [7, 11) is 0. The van der Waals surface area contributed by atoms with Gasteiger partial charge in [0.25, 0.3) is 0 Å². The van der Waals surface area contributed by atoms with Crippen LogP contribution < -0.4 is 5.32 Å². The zero-order valence-corrected chi connectivity index (χ0v) is 15.7. The Bertz CT molecular complexity index is 1140. The molecule has 0 radical (unpaired) electrons. The number of aromatic nitrogens is 4. The fraction of sp³-hybridized carbons (Fsp3) is 0.143. The fourth-order valence-corrected chi connectivity index (χ4v) is 2.98. The van der Waals surface area contributed by atoms with E-state index in [-0.39, 0.29) is 18.1 Å². The van der Waals surface area contributed by atoms with Crippen molar-refractivity contribution in [3.8, 4) is 17.0 Å². The minimum absolute atomic E-state index is 0.152. The molecule has 4 aromatic rings. The van der Waals surface area contributed by atoms with E-state index in [4.69, 9.17) is 4.42 Å². The standard InChI is InChI=1S/C21H18FN5O2/c1-14-6-7-15(12-19(14)27-13-23-25-26-27)24-21(28)11-9-16-8-10-20(29-16)17-4-2-3-5-18(17)22/h2-8,10,12-13H,9,11H2,1H3,(H,24,28). The summed E-state index contributed by atoms with van der Waals surface area (Å²) in [5, 5.41) is 14.0. The van der Waals surface area contributed by atoms with Crippen LogP contribution in [0.15, 0.2) is 65.3 Å². The molecule has 1 N–H and O–H groups in total. The summed E-state index contributed by atoms with van der Waals surface area (Å²) >= 11 is 0. The smallest absolute Gasteiger partial charge is 0.224 e. The van der Waals surface area contributed by atoms with Crippen molar-refractivity contribution >= 4 is 11.6 Å². The van der Waals surface area contributed by atoms with Gasteiger partial charge >= 0.3 is 0 Å². The number of hydrogen-bond acceptors (Lipinski definition) is 5. The number of halogens is 1. The maximum absolute atomic E-state index is 13.9. The molecule has 2 aromatic heterocycles. The number of amides is 1. The van der Waals surface area contributed by atoms with Gasteiger partial charge in [0.2, 0.25) is 5.91 Å². The van der Waals surface area contributed by atoms with Crippen molar-refractivity contribution in [2.75, 3.05) is 5.32 Å². The molecule has 0 aliphatic heterocycles. The lowest BCUT2D eigenvalue weighted by Crippen LogP contribution is -2.12. The molecule has 0 saturated heterocycles. The van der Waals surface area contributed by atoms with Crippen LogP contribution in [-0.4, -0.2) is 26.1 Å². The Labute approximate surface area is 166 Å². The number of anilines is 1. The van der Waals surface area contributed by atoms with Gasteiger partial charge in [-0.1, -0.05) is 18.2 Å². The molecule has 4 rings (SSSR count). The molecule has 0 bridgehead atoms. The number of hydrogen-bond donors (Lipinski definition) is 1. The second-order valence-electron chi connectivity index (χ2n) is 6.55. The molecule has 0 atom stereocenters. The summed E-state index contributed by atoms with van der Waals surface area (Å²) in [4.78, 5) is 12.3. The van der Waals surface area contributed by atoms with Gasteiger partial charge in [0, 0.05) is 18.5 Å². The number of nitrogens with zero attached hydrogens (tertiary/aromatic N) is 4. The summed E-state index contributed by atoms with van der Waals surface area (Å²) in [5.74, 6) is 0.573. The number of nitrogens with one attached hydrogen (secondary N) is 1. The van der Waals surface area contributed by atoms with E-state index in [0.717, 1.165) is 11.3 Å². The molecule has 29 heavy (non-hydrogen) atoms. The van der Waals surface area contributed by atoms with E-state index in [2.05, 4.69) is 20.8 Å². The third kappa shape index (κ3) is 4.21. The molecule has 7 nitrogen and oxygen atoms in total. The highest BCUT2D eigenvalue weighted by molar-refractivity contribution is 5.91. The first-order chi connectivity index (χ1) is 14.1. The van der Waals surface area contributed by atoms with Crippen LogP contribution in [0.2, 0.25) is 0 Å². The minimum Gasteiger partial charge on any atom is -0.461 e. The third-order valence-corrected chi connectivity index (χ3v) is 4.49. The van der Waals surface area contributed by atoms with E-state index in [9.17, 15) is 9.18 Å². The summed E-state index contributed by atoms with van der Waals surface area (Å²) in [6.45, 7) is 1.94. The van der Waals surface area contributed by atoms with Crippen LogP contribution in [0.1, 0.15) is 17.7 Å². The Morgan fingerprint density at radius 1 is 1.17 bits per heavy atom. The predicted molar refractivity (Wildman–Crippen MR) is 105 cm³/mol. The van der Waals surface area contributed by atoms with Gasteiger partial charge in [-0.2, -0.15) is 0 Å². The SMILES string of the molecule is Cc1ccc(NC(=O)CCc2ccc(-c3ccccc3F)o2)cc1-n1cnnn1. The summed E-state index contributed by atoms with van der Waals surface area (Å²) in [6.07, 6.45) is 2.14. The molecule has 146 valence electrons. The number of carbonyl (C=O) groups is 1. The molecule has 8 heteroatoms. The first-order valence-electron chi connectivity index (χ1n) is 9.07. The molecule has 1 amide bonds. The molecule has 0 aliphatic carbocycles. The molecule has 0 unspecified atom stereocenters. The molecule has 2 aromatic carbocycles. The van der Waals surface area contributed by atoms with Crippen molar-refractivity contribution in [1.82, 2.24) is 20.2 Å². The van der Waals surface area contributed by atoms with Gasteiger partial charge in [0.1, 0.15) is 23.7 Å². The van der Waals surface area contributed by atoms with E-state index in [0.29, 0.717) is 29.2 Å². The van der Waals surface area contributed by atoms with Crippen LogP contribution in [0.4, 0.5) is 10.1 Å². The number of furan rings is 1. The monoisotopic (exact) mass is 391 g/mol. The average Bonchev–Trinajstić information content (AvgIpc) is 3.40. The fourth-order valence-electron chi connectivity index (χ4n) is 2.98. The number of aryl methyl sites for hydroxylation is 2. The highest BCUT2D eigenvalue weighted by atomic mass is 19.1. The van der Waals surface area contributed by atoms with E-state index >= 15 is 0 Å². The molecular weight excluding hydrogens is 373 g/mol. The van der Waals surface area contributed by atoms with Crippen LogP contribution in [0.25, 0.3) is 17.0 Å². The average molecular weight is 391 g/mol. The van der Waals surface area contributed by atoms with E-state index < -0.39 is 0 Å². The molecule has 0 saturated carbocycles. The van der Waals surface area contributed by atoms with Crippen LogP contribution in [-0.2, 0) is 11.2 Å². The number of rotatable bonds is 6. The first kappa shape index (κ1) is 18.5. The van der Waals surface area contributed by atoms with Gasteiger partial charge in [-0.15, -0.1) is 5.10 Å². The Kier molecular flexibility index (Phi) is 5.15. The maximum atomic E-state index is 13.9. The summed E-state index contributed by atoms with van der Waals surface area (Å²) in [6, 6.07) is 15.4. The highest BCUT2D eigenvalue weighted by Crippen LogP contribution is 2.25. The third-order valence-electron chi connectivity index (χ3n) is 4.49. The van der Waals surface area contributed by atoms with Crippen LogP contribution in [0.5, 0.6) is 0 Å². The van der Waals surface area contributed by atoms with Crippen LogP contribution >= 0.6 is 0 Å². The highest BCUT2D eigenvalue weighted by Gasteiger charge is 2.11. The van der Waals surface area contributed by atoms with Gasteiger partial charge in [0.05, 0.1) is 11.3 Å². The van der Waals surface area contributed by atoms with Crippen molar-refractivity contribution in [3.05, 3.63) is 78.1 Å². The lowest BCUT2D eigenvalue weighted by atomic mass is 10.1. The first-order valence-corrected chi connectivity index (χ1v) is 9.07. The molecule has 2 heterocycles. The van der Waals surface area contributed by atoms with Gasteiger partial charge < -0.3 is 9.73 Å². The van der Waals surface area contributed by atoms with E-state index in [1.807, 2.05) is 25.1 Å². The zero-order valence-electron chi connectivity index (χ0n) is 15.7. The Morgan fingerprint density at radius 3 is 2.83 bits per heavy atom. The van der Waals surface area contributed by atoms with Gasteiger partial charge in [-0.25, -0.2) is 9.07 Å². The van der Waals surface area contributed by atoms with Crippen molar-refractivity contribution in [1.29, 1.82) is 0 Å². The predicted octanol–water partition coefficient (Wildman–Crippen LogP) is 3.94. The van der Waals surface area contributed by atoms with Crippen LogP contribution in [0.3, 0.4) is 0 Å². The Morgan fingerprint density at radius 2 is 2.03 bits per heavy atom. The van der Waals surface area contributed by atoms with Gasteiger partial charge in [-0.05, 0) is 59.3 Å². The molecule has 0 fully saturated rings.